The number of aryl methyl sites for hydroxylation is 2. The Morgan fingerprint density at radius 1 is 1.00 bits per heavy atom. The van der Waals surface area contributed by atoms with E-state index in [1.807, 2.05) is 51.1 Å². The summed E-state index contributed by atoms with van der Waals surface area (Å²) in [4.78, 5) is 19.4. The molecule has 0 saturated carbocycles. The zero-order valence-corrected chi connectivity index (χ0v) is 17.2. The van der Waals surface area contributed by atoms with Gasteiger partial charge in [-0.25, -0.2) is 0 Å². The molecule has 0 aliphatic rings. The molecular weight excluding hydrogens is 356 g/mol. The van der Waals surface area contributed by atoms with E-state index in [2.05, 4.69) is 20.3 Å². The Kier molecular flexibility index (Phi) is 8.55. The zero-order valence-electron chi connectivity index (χ0n) is 17.2. The predicted octanol–water partition coefficient (Wildman–Crippen LogP) is 3.68. The van der Waals surface area contributed by atoms with E-state index in [4.69, 9.17) is 14.4 Å². The molecule has 0 spiro atoms. The first-order chi connectivity index (χ1) is 13.5. The quantitative estimate of drug-likeness (QED) is 0.355. The van der Waals surface area contributed by atoms with Gasteiger partial charge in [-0.05, 0) is 63.4 Å². The number of aromatic nitrogens is 2. The summed E-state index contributed by atoms with van der Waals surface area (Å²) in [6, 6.07) is 9.84. The minimum absolute atomic E-state index is 0.500. The summed E-state index contributed by atoms with van der Waals surface area (Å²) in [5.41, 5.74) is 6.06. The van der Waals surface area contributed by atoms with Crippen LogP contribution >= 0.6 is 0 Å². The number of ether oxygens (including phenoxy) is 1. The van der Waals surface area contributed by atoms with Gasteiger partial charge in [-0.15, -0.1) is 0 Å². The van der Waals surface area contributed by atoms with Crippen molar-refractivity contribution in [1.82, 2.24) is 9.97 Å². The van der Waals surface area contributed by atoms with Gasteiger partial charge in [-0.1, -0.05) is 16.4 Å². The maximum Gasteiger partial charge on any atom is 0.117 e. The normalized spacial score (nSPS) is 12.2. The third kappa shape index (κ3) is 6.74. The van der Waals surface area contributed by atoms with Gasteiger partial charge in [0.2, 0.25) is 0 Å². The fraction of sp³-hybridized carbons (Fsp3) is 0.429. The zero-order chi connectivity index (χ0) is 20.4. The van der Waals surface area contributed by atoms with Crippen LogP contribution in [0.2, 0.25) is 0 Å². The van der Waals surface area contributed by atoms with E-state index in [1.54, 1.807) is 7.11 Å². The molecule has 28 heavy (non-hydrogen) atoms. The van der Waals surface area contributed by atoms with Crippen molar-refractivity contribution in [3.63, 3.8) is 0 Å². The van der Waals surface area contributed by atoms with Crippen LogP contribution in [0.5, 0.6) is 0 Å². The lowest BCUT2D eigenvalue weighted by Gasteiger charge is -2.08. The average molecular weight is 384 g/mol. The van der Waals surface area contributed by atoms with Crippen molar-refractivity contribution in [2.24, 2.45) is 10.3 Å². The van der Waals surface area contributed by atoms with Crippen LogP contribution in [0, 0.1) is 6.92 Å². The first-order valence-electron chi connectivity index (χ1n) is 9.21. The average Bonchev–Trinajstić information content (AvgIpc) is 2.68. The molecule has 0 aromatic carbocycles. The molecule has 0 N–H and O–H groups in total. The van der Waals surface area contributed by atoms with Crippen LogP contribution in [-0.4, -0.2) is 42.2 Å². The van der Waals surface area contributed by atoms with Crippen LogP contribution < -0.4 is 0 Å². The molecule has 0 saturated heterocycles. The van der Waals surface area contributed by atoms with E-state index in [-0.39, 0.29) is 0 Å². The van der Waals surface area contributed by atoms with Crippen LogP contribution in [0.4, 0.5) is 0 Å². The smallest absolute Gasteiger partial charge is 0.117 e. The summed E-state index contributed by atoms with van der Waals surface area (Å²) in [5, 5.41) is 8.13. The summed E-state index contributed by atoms with van der Waals surface area (Å²) in [6.07, 6.45) is 1.56. The maximum absolute atomic E-state index is 5.46. The van der Waals surface area contributed by atoms with Gasteiger partial charge in [0.15, 0.2) is 0 Å². The lowest BCUT2D eigenvalue weighted by atomic mass is 10.1. The Labute approximate surface area is 166 Å². The predicted molar refractivity (Wildman–Crippen MR) is 110 cm³/mol. The molecule has 150 valence electrons. The Morgan fingerprint density at radius 2 is 1.79 bits per heavy atom. The molecule has 0 aliphatic heterocycles. The SMILES string of the molecule is COCc1cc(CCCO/N=C(\C)c2cccc(C)n2)nc(/C(C)=N/OC)c1. The molecule has 0 amide bonds. The van der Waals surface area contributed by atoms with Crippen molar-refractivity contribution in [2.45, 2.75) is 40.2 Å². The van der Waals surface area contributed by atoms with Crippen LogP contribution in [0.1, 0.15) is 48.6 Å². The number of hydrogen-bond donors (Lipinski definition) is 0. The van der Waals surface area contributed by atoms with Crippen LogP contribution in [0.25, 0.3) is 0 Å². The summed E-state index contributed by atoms with van der Waals surface area (Å²) < 4.78 is 5.25. The highest BCUT2D eigenvalue weighted by atomic mass is 16.6. The molecule has 0 bridgehead atoms. The van der Waals surface area contributed by atoms with Gasteiger partial charge in [0.25, 0.3) is 0 Å². The number of methoxy groups -OCH3 is 1. The van der Waals surface area contributed by atoms with E-state index in [0.717, 1.165) is 52.6 Å². The first-order valence-corrected chi connectivity index (χ1v) is 9.21. The van der Waals surface area contributed by atoms with E-state index in [9.17, 15) is 0 Å². The monoisotopic (exact) mass is 384 g/mol. The maximum atomic E-state index is 5.46. The van der Waals surface area contributed by atoms with E-state index < -0.39 is 0 Å². The van der Waals surface area contributed by atoms with Crippen molar-refractivity contribution in [2.75, 3.05) is 20.8 Å². The number of oxime groups is 2. The molecule has 2 aromatic rings. The van der Waals surface area contributed by atoms with Crippen molar-refractivity contribution in [1.29, 1.82) is 0 Å². The van der Waals surface area contributed by atoms with Gasteiger partial charge >= 0.3 is 0 Å². The standard InChI is InChI=1S/C21H28N4O3/c1-15-8-6-10-20(22-15)16(2)25-28-11-7-9-19-12-18(14-26-4)13-21(23-19)17(3)24-27-5/h6,8,10,12-13H,7,9,11,14H2,1-5H3/b24-17+,25-16+. The van der Waals surface area contributed by atoms with Crippen molar-refractivity contribution < 1.29 is 14.4 Å². The Morgan fingerprint density at radius 3 is 2.50 bits per heavy atom. The van der Waals surface area contributed by atoms with Crippen molar-refractivity contribution >= 4 is 11.4 Å². The molecule has 0 unspecified atom stereocenters. The van der Waals surface area contributed by atoms with Crippen LogP contribution in [0.3, 0.4) is 0 Å². The van der Waals surface area contributed by atoms with Gasteiger partial charge in [-0.2, -0.15) is 0 Å². The summed E-state index contributed by atoms with van der Waals surface area (Å²) in [5.74, 6) is 0. The van der Waals surface area contributed by atoms with Crippen LogP contribution in [-0.2, 0) is 27.4 Å². The largest absolute Gasteiger partial charge is 0.399 e. The molecular formula is C21H28N4O3. The minimum Gasteiger partial charge on any atom is -0.399 e. The highest BCUT2D eigenvalue weighted by Crippen LogP contribution is 2.11. The Balaban J connectivity index is 1.94. The van der Waals surface area contributed by atoms with Gasteiger partial charge in [0, 0.05) is 18.5 Å². The number of hydrogen-bond acceptors (Lipinski definition) is 7. The fourth-order valence-electron chi connectivity index (χ4n) is 2.65. The molecule has 0 aliphatic carbocycles. The molecule has 7 heteroatoms. The summed E-state index contributed by atoms with van der Waals surface area (Å²) in [6.45, 7) is 6.73. The molecule has 0 radical (unpaired) electrons. The minimum atomic E-state index is 0.500. The van der Waals surface area contributed by atoms with Gasteiger partial charge < -0.3 is 14.4 Å². The number of nitrogens with zero attached hydrogens (tertiary/aromatic N) is 4. The second kappa shape index (κ2) is 11.1. The van der Waals surface area contributed by atoms with Gasteiger partial charge in [0.05, 0.1) is 18.0 Å². The Bertz CT molecular complexity index is 834. The summed E-state index contributed by atoms with van der Waals surface area (Å²) in [7, 11) is 3.20. The first kappa shape index (κ1) is 21.5. The molecule has 2 rings (SSSR count). The lowest BCUT2D eigenvalue weighted by molar-refractivity contribution is 0.141. The second-order valence-corrected chi connectivity index (χ2v) is 6.42. The molecule has 2 aromatic heterocycles. The lowest BCUT2D eigenvalue weighted by Crippen LogP contribution is -2.06. The van der Waals surface area contributed by atoms with Gasteiger partial charge in [0.1, 0.15) is 25.1 Å². The van der Waals surface area contributed by atoms with E-state index in [0.29, 0.717) is 13.2 Å². The molecule has 0 atom stereocenters. The highest BCUT2D eigenvalue weighted by molar-refractivity contribution is 5.97. The topological polar surface area (TPSA) is 78.2 Å². The molecule has 7 nitrogen and oxygen atoms in total. The summed E-state index contributed by atoms with van der Waals surface area (Å²) >= 11 is 0. The number of rotatable bonds is 10. The van der Waals surface area contributed by atoms with Crippen molar-refractivity contribution in [3.8, 4) is 0 Å². The number of pyridine rings is 2. The molecule has 0 fully saturated rings. The van der Waals surface area contributed by atoms with E-state index >= 15 is 0 Å². The third-order valence-corrected chi connectivity index (χ3v) is 3.98. The highest BCUT2D eigenvalue weighted by Gasteiger charge is 2.07. The fourth-order valence-corrected chi connectivity index (χ4v) is 2.65. The van der Waals surface area contributed by atoms with Gasteiger partial charge in [-0.3, -0.25) is 9.97 Å². The molecule has 2 heterocycles. The second-order valence-electron chi connectivity index (χ2n) is 6.42. The van der Waals surface area contributed by atoms with E-state index in [1.165, 1.54) is 7.11 Å². The van der Waals surface area contributed by atoms with Crippen LogP contribution in [0.15, 0.2) is 40.6 Å². The van der Waals surface area contributed by atoms with Crippen molar-refractivity contribution in [3.05, 3.63) is 58.7 Å². The third-order valence-electron chi connectivity index (χ3n) is 3.98. The Hall–Kier alpha value is -2.80.